The molecule has 2 aliphatic rings. The quantitative estimate of drug-likeness (QED) is 0.797. The monoisotopic (exact) mass is 397 g/mol. The molecule has 4 rings (SSSR count). The van der Waals surface area contributed by atoms with Gasteiger partial charge in [-0.15, -0.1) is 0 Å². The smallest absolute Gasteiger partial charge is 0.272 e. The molecule has 1 saturated carbocycles. The summed E-state index contributed by atoms with van der Waals surface area (Å²) in [5, 5.41) is 3.49. The lowest BCUT2D eigenvalue weighted by Gasteiger charge is -2.36. The van der Waals surface area contributed by atoms with E-state index >= 15 is 0 Å². The van der Waals surface area contributed by atoms with Crippen molar-refractivity contribution in [3.05, 3.63) is 48.2 Å². The topological polar surface area (TPSA) is 61.4 Å². The summed E-state index contributed by atoms with van der Waals surface area (Å²) in [6.45, 7) is 2.67. The minimum atomic E-state index is -0.236. The van der Waals surface area contributed by atoms with Crippen LogP contribution in [0.2, 0.25) is 0 Å². The molecule has 0 unspecified atom stereocenters. The van der Waals surface area contributed by atoms with Crippen LogP contribution in [-0.2, 0) is 0 Å². The molecular formula is C22H28FN5O. The molecule has 0 radical (unpaired) electrons. The highest BCUT2D eigenvalue weighted by Crippen LogP contribution is 2.21. The first-order valence-electron chi connectivity index (χ1n) is 10.6. The minimum Gasteiger partial charge on any atom is -0.368 e. The van der Waals surface area contributed by atoms with Gasteiger partial charge in [0, 0.05) is 44.0 Å². The second-order valence-corrected chi connectivity index (χ2v) is 7.88. The molecule has 1 N–H and O–H groups in total. The highest BCUT2D eigenvalue weighted by Gasteiger charge is 2.24. The van der Waals surface area contributed by atoms with E-state index < -0.39 is 0 Å². The molecule has 1 saturated heterocycles. The van der Waals surface area contributed by atoms with Crippen LogP contribution < -0.4 is 10.2 Å². The molecule has 0 atom stereocenters. The van der Waals surface area contributed by atoms with Crippen molar-refractivity contribution >= 4 is 17.4 Å². The van der Waals surface area contributed by atoms with Gasteiger partial charge in [0.25, 0.3) is 5.91 Å². The van der Waals surface area contributed by atoms with Gasteiger partial charge in [0.15, 0.2) is 0 Å². The van der Waals surface area contributed by atoms with Crippen LogP contribution in [0.3, 0.4) is 0 Å². The lowest BCUT2D eigenvalue weighted by atomic mass is 10.1. The lowest BCUT2D eigenvalue weighted by Crippen LogP contribution is -2.49. The van der Waals surface area contributed by atoms with Gasteiger partial charge < -0.3 is 15.1 Å². The van der Waals surface area contributed by atoms with E-state index in [1.807, 2.05) is 4.90 Å². The number of benzene rings is 1. The fourth-order valence-electron chi connectivity index (χ4n) is 4.17. The van der Waals surface area contributed by atoms with E-state index in [1.165, 1.54) is 44.1 Å². The standard InChI is InChI=1S/C22H28FN5O/c23-17-7-9-19(10-8-17)27-11-13-28(14-12-27)22(29)20-15-21(25-16-24-20)26-18-5-3-1-2-4-6-18/h7-10,15-16,18H,1-6,11-14H2,(H,24,25,26). The summed E-state index contributed by atoms with van der Waals surface area (Å²) >= 11 is 0. The molecule has 1 aliphatic carbocycles. The van der Waals surface area contributed by atoms with Crippen LogP contribution in [0.15, 0.2) is 36.7 Å². The Morgan fingerprint density at radius 1 is 0.966 bits per heavy atom. The molecule has 1 aliphatic heterocycles. The van der Waals surface area contributed by atoms with Crippen LogP contribution in [0, 0.1) is 5.82 Å². The van der Waals surface area contributed by atoms with Crippen molar-refractivity contribution in [1.82, 2.24) is 14.9 Å². The Kier molecular flexibility index (Phi) is 6.22. The number of carbonyl (C=O) groups is 1. The average molecular weight is 397 g/mol. The van der Waals surface area contributed by atoms with Crippen LogP contribution in [0.25, 0.3) is 0 Å². The van der Waals surface area contributed by atoms with E-state index in [0.29, 0.717) is 24.8 Å². The number of nitrogens with zero attached hydrogens (tertiary/aromatic N) is 4. The molecule has 29 heavy (non-hydrogen) atoms. The maximum atomic E-state index is 13.1. The first-order chi connectivity index (χ1) is 14.2. The molecule has 2 fully saturated rings. The Morgan fingerprint density at radius 3 is 2.34 bits per heavy atom. The van der Waals surface area contributed by atoms with Crippen LogP contribution in [0.4, 0.5) is 15.9 Å². The maximum absolute atomic E-state index is 13.1. The molecule has 0 bridgehead atoms. The minimum absolute atomic E-state index is 0.0601. The lowest BCUT2D eigenvalue weighted by molar-refractivity contribution is 0.0740. The second kappa shape index (κ2) is 9.20. The van der Waals surface area contributed by atoms with Gasteiger partial charge in [-0.3, -0.25) is 4.79 Å². The zero-order valence-electron chi connectivity index (χ0n) is 16.7. The molecule has 6 nitrogen and oxygen atoms in total. The van der Waals surface area contributed by atoms with E-state index in [9.17, 15) is 9.18 Å². The zero-order chi connectivity index (χ0) is 20.1. The Labute approximate surface area is 171 Å². The number of aromatic nitrogens is 2. The summed E-state index contributed by atoms with van der Waals surface area (Å²) in [6, 6.07) is 8.70. The SMILES string of the molecule is O=C(c1cc(NC2CCCCCC2)ncn1)N1CCN(c2ccc(F)cc2)CC1. The van der Waals surface area contributed by atoms with Gasteiger partial charge in [-0.25, -0.2) is 14.4 Å². The van der Waals surface area contributed by atoms with Crippen molar-refractivity contribution in [1.29, 1.82) is 0 Å². The summed E-state index contributed by atoms with van der Waals surface area (Å²) in [5.41, 5.74) is 1.42. The fraction of sp³-hybridized carbons (Fsp3) is 0.500. The van der Waals surface area contributed by atoms with Gasteiger partial charge in [0.2, 0.25) is 0 Å². The highest BCUT2D eigenvalue weighted by molar-refractivity contribution is 5.93. The number of amides is 1. The number of hydrogen-bond acceptors (Lipinski definition) is 5. The molecule has 2 heterocycles. The molecule has 0 spiro atoms. The fourth-order valence-corrected chi connectivity index (χ4v) is 4.17. The van der Waals surface area contributed by atoms with Gasteiger partial charge in [-0.1, -0.05) is 25.7 Å². The van der Waals surface area contributed by atoms with Crippen molar-refractivity contribution < 1.29 is 9.18 Å². The summed E-state index contributed by atoms with van der Waals surface area (Å²) in [6.07, 6.45) is 8.86. The first kappa shape index (κ1) is 19.6. The molecule has 7 heteroatoms. The third kappa shape index (κ3) is 5.02. The van der Waals surface area contributed by atoms with Gasteiger partial charge in [0.1, 0.15) is 23.7 Å². The molecule has 2 aromatic rings. The molecular weight excluding hydrogens is 369 g/mol. The van der Waals surface area contributed by atoms with Crippen molar-refractivity contribution in [3.8, 4) is 0 Å². The van der Waals surface area contributed by atoms with E-state index in [2.05, 4.69) is 20.2 Å². The van der Waals surface area contributed by atoms with Crippen LogP contribution >= 0.6 is 0 Å². The van der Waals surface area contributed by atoms with Gasteiger partial charge in [-0.05, 0) is 37.1 Å². The highest BCUT2D eigenvalue weighted by atomic mass is 19.1. The number of nitrogens with one attached hydrogen (secondary N) is 1. The van der Waals surface area contributed by atoms with E-state index in [0.717, 1.165) is 37.4 Å². The van der Waals surface area contributed by atoms with Gasteiger partial charge in [-0.2, -0.15) is 0 Å². The van der Waals surface area contributed by atoms with Crippen molar-refractivity contribution in [2.75, 3.05) is 36.4 Å². The van der Waals surface area contributed by atoms with E-state index in [4.69, 9.17) is 0 Å². The van der Waals surface area contributed by atoms with Gasteiger partial charge >= 0.3 is 0 Å². The number of rotatable bonds is 4. The third-order valence-electron chi connectivity index (χ3n) is 5.85. The van der Waals surface area contributed by atoms with E-state index in [-0.39, 0.29) is 11.7 Å². The molecule has 154 valence electrons. The van der Waals surface area contributed by atoms with Crippen LogP contribution in [-0.4, -0.2) is 53.0 Å². The summed E-state index contributed by atoms with van der Waals surface area (Å²) in [4.78, 5) is 25.5. The second-order valence-electron chi connectivity index (χ2n) is 7.88. The molecule has 1 aromatic carbocycles. The van der Waals surface area contributed by atoms with Crippen molar-refractivity contribution in [3.63, 3.8) is 0 Å². The Balaban J connectivity index is 1.35. The molecule has 1 aromatic heterocycles. The first-order valence-corrected chi connectivity index (χ1v) is 10.6. The predicted molar refractivity (Wildman–Crippen MR) is 112 cm³/mol. The molecule has 1 amide bonds. The Hall–Kier alpha value is -2.70. The van der Waals surface area contributed by atoms with Crippen molar-refractivity contribution in [2.24, 2.45) is 0 Å². The van der Waals surface area contributed by atoms with E-state index in [1.54, 1.807) is 18.2 Å². The number of anilines is 2. The van der Waals surface area contributed by atoms with Crippen LogP contribution in [0.5, 0.6) is 0 Å². The number of hydrogen-bond donors (Lipinski definition) is 1. The Bertz CT molecular complexity index is 812. The number of piperazine rings is 1. The van der Waals surface area contributed by atoms with Crippen LogP contribution in [0.1, 0.15) is 49.0 Å². The van der Waals surface area contributed by atoms with Gasteiger partial charge in [0.05, 0.1) is 0 Å². The summed E-state index contributed by atoms with van der Waals surface area (Å²) < 4.78 is 13.1. The summed E-state index contributed by atoms with van der Waals surface area (Å²) in [7, 11) is 0. The summed E-state index contributed by atoms with van der Waals surface area (Å²) in [5.74, 6) is 0.440. The number of carbonyl (C=O) groups excluding carboxylic acids is 1. The third-order valence-corrected chi connectivity index (χ3v) is 5.85. The average Bonchev–Trinajstić information content (AvgIpc) is 3.03. The number of halogens is 1. The normalized spacial score (nSPS) is 18.4. The predicted octanol–water partition coefficient (Wildman–Crippen LogP) is 3.71. The largest absolute Gasteiger partial charge is 0.368 e. The Morgan fingerprint density at radius 2 is 1.66 bits per heavy atom. The zero-order valence-corrected chi connectivity index (χ0v) is 16.7. The van der Waals surface area contributed by atoms with Crippen molar-refractivity contribution in [2.45, 2.75) is 44.6 Å². The maximum Gasteiger partial charge on any atom is 0.272 e.